The van der Waals surface area contributed by atoms with Crippen molar-refractivity contribution in [2.24, 2.45) is 0 Å². The Morgan fingerprint density at radius 3 is 1.92 bits per heavy atom. The van der Waals surface area contributed by atoms with Gasteiger partial charge in [-0.1, -0.05) is 103 Å². The molecule has 3 aromatic rings. The fraction of sp³-hybridized carbons (Fsp3) is 0.200. The van der Waals surface area contributed by atoms with Crippen molar-refractivity contribution in [1.29, 1.82) is 0 Å². The molecule has 1 heteroatoms. The minimum Gasteiger partial charge on any atom is -0.0729 e. The van der Waals surface area contributed by atoms with Crippen molar-refractivity contribution in [2.45, 2.75) is 31.9 Å². The van der Waals surface area contributed by atoms with Crippen LogP contribution in [-0.4, -0.2) is 8.80 Å². The van der Waals surface area contributed by atoms with E-state index in [1.807, 2.05) is 0 Å². The van der Waals surface area contributed by atoms with Crippen molar-refractivity contribution >= 4 is 14.4 Å². The smallest absolute Gasteiger partial charge is 0.0607 e. The summed E-state index contributed by atoms with van der Waals surface area (Å²) < 4.78 is 0. The molecule has 0 N–H and O–H groups in total. The lowest BCUT2D eigenvalue weighted by atomic mass is 9.93. The van der Waals surface area contributed by atoms with Gasteiger partial charge in [-0.05, 0) is 40.7 Å². The molecule has 0 nitrogen and oxygen atoms in total. The van der Waals surface area contributed by atoms with Gasteiger partial charge >= 0.3 is 0 Å². The molecule has 1 atom stereocenters. The number of benzene rings is 3. The highest BCUT2D eigenvalue weighted by Gasteiger charge is 2.32. The normalized spacial score (nSPS) is 16.2. The highest BCUT2D eigenvalue weighted by molar-refractivity contribution is 6.66. The van der Waals surface area contributed by atoms with Gasteiger partial charge in [0.25, 0.3) is 0 Å². The van der Waals surface area contributed by atoms with E-state index >= 15 is 0 Å². The highest BCUT2D eigenvalue weighted by Crippen LogP contribution is 2.45. The van der Waals surface area contributed by atoms with Gasteiger partial charge < -0.3 is 0 Å². The summed E-state index contributed by atoms with van der Waals surface area (Å²) in [7, 11) is -0.928. The van der Waals surface area contributed by atoms with Crippen LogP contribution in [0.2, 0.25) is 13.1 Å². The van der Waals surface area contributed by atoms with E-state index in [9.17, 15) is 0 Å². The Balaban J connectivity index is 1.79. The van der Waals surface area contributed by atoms with Gasteiger partial charge in [-0.25, -0.2) is 0 Å². The van der Waals surface area contributed by atoms with Crippen LogP contribution in [-0.2, 0) is 12.8 Å². The first-order valence-corrected chi connectivity index (χ1v) is 12.5. The molecule has 1 unspecified atom stereocenters. The van der Waals surface area contributed by atoms with E-state index in [2.05, 4.69) is 98.0 Å². The largest absolute Gasteiger partial charge is 0.0729 e. The third kappa shape index (κ3) is 3.32. The predicted molar refractivity (Wildman–Crippen MR) is 115 cm³/mol. The molecule has 0 saturated heterocycles. The number of hydrogen-bond donors (Lipinski definition) is 0. The monoisotopic (exact) mass is 354 g/mol. The van der Waals surface area contributed by atoms with Crippen molar-refractivity contribution in [2.75, 3.05) is 0 Å². The average molecular weight is 355 g/mol. The third-order valence-corrected chi connectivity index (χ3v) is 7.51. The number of allylic oxidation sites excluding steroid dienone is 2. The molecule has 0 spiro atoms. The highest BCUT2D eigenvalue weighted by atomic mass is 28.3. The van der Waals surface area contributed by atoms with E-state index in [1.165, 1.54) is 16.7 Å². The second-order valence-electron chi connectivity index (χ2n) is 7.58. The molecule has 4 rings (SSSR count). The van der Waals surface area contributed by atoms with Gasteiger partial charge in [-0.2, -0.15) is 0 Å². The van der Waals surface area contributed by atoms with Crippen LogP contribution >= 0.6 is 0 Å². The summed E-state index contributed by atoms with van der Waals surface area (Å²) in [5.41, 5.74) is 7.51. The van der Waals surface area contributed by atoms with Gasteiger partial charge in [-0.15, -0.1) is 0 Å². The second-order valence-corrected chi connectivity index (χ2v) is 10.5. The first kappa shape index (κ1) is 17.1. The quantitative estimate of drug-likeness (QED) is 0.489. The van der Waals surface area contributed by atoms with Crippen LogP contribution < -0.4 is 0 Å². The molecule has 26 heavy (non-hydrogen) atoms. The van der Waals surface area contributed by atoms with Crippen molar-refractivity contribution in [3.8, 4) is 0 Å². The molecule has 0 heterocycles. The number of rotatable bonds is 5. The third-order valence-electron chi connectivity index (χ3n) is 5.51. The summed E-state index contributed by atoms with van der Waals surface area (Å²) in [6.07, 6.45) is 2.18. The molecule has 3 aromatic carbocycles. The first-order chi connectivity index (χ1) is 12.7. The Morgan fingerprint density at radius 1 is 0.692 bits per heavy atom. The van der Waals surface area contributed by atoms with Gasteiger partial charge in [0.1, 0.15) is 0 Å². The zero-order valence-electron chi connectivity index (χ0n) is 15.7. The number of fused-ring (bicyclic) bond motifs is 1. The van der Waals surface area contributed by atoms with Gasteiger partial charge in [0.2, 0.25) is 0 Å². The van der Waals surface area contributed by atoms with E-state index < -0.39 is 8.80 Å². The molecule has 1 aliphatic rings. The summed E-state index contributed by atoms with van der Waals surface area (Å²) >= 11 is 0. The molecule has 0 aliphatic heterocycles. The summed E-state index contributed by atoms with van der Waals surface area (Å²) in [5, 5.41) is 1.76. The Labute approximate surface area is 158 Å². The Bertz CT molecular complexity index is 907. The summed E-state index contributed by atoms with van der Waals surface area (Å²) in [6, 6.07) is 31.1. The van der Waals surface area contributed by atoms with Crippen LogP contribution in [0.15, 0.2) is 90.1 Å². The maximum absolute atomic E-state index is 2.49. The maximum atomic E-state index is 2.49. The van der Waals surface area contributed by atoms with Gasteiger partial charge in [0.05, 0.1) is 8.80 Å². The number of hydrogen-bond acceptors (Lipinski definition) is 0. The SMILES string of the molecule is C[SiH](C)C1=C(Cc2ccccc2)c2ccccc2C1Cc1ccccc1. The first-order valence-electron chi connectivity index (χ1n) is 9.64. The second kappa shape index (κ2) is 7.47. The molecular weight excluding hydrogens is 328 g/mol. The minimum absolute atomic E-state index is 0.555. The van der Waals surface area contributed by atoms with Crippen LogP contribution in [0.5, 0.6) is 0 Å². The average Bonchev–Trinajstić information content (AvgIpc) is 2.97. The van der Waals surface area contributed by atoms with E-state index in [0.717, 1.165) is 12.8 Å². The van der Waals surface area contributed by atoms with E-state index in [-0.39, 0.29) is 0 Å². The minimum atomic E-state index is -0.928. The van der Waals surface area contributed by atoms with E-state index in [0.29, 0.717) is 5.92 Å². The topological polar surface area (TPSA) is 0 Å². The summed E-state index contributed by atoms with van der Waals surface area (Å²) in [4.78, 5) is 0. The van der Waals surface area contributed by atoms with Gasteiger partial charge in [0.15, 0.2) is 0 Å². The fourth-order valence-electron chi connectivity index (χ4n) is 4.43. The lowest BCUT2D eigenvalue weighted by Gasteiger charge is -2.20. The summed E-state index contributed by atoms with van der Waals surface area (Å²) in [5.74, 6) is 0.555. The molecule has 0 bridgehead atoms. The van der Waals surface area contributed by atoms with Crippen molar-refractivity contribution in [3.63, 3.8) is 0 Å². The molecular formula is C25H26Si. The van der Waals surface area contributed by atoms with Crippen molar-refractivity contribution in [3.05, 3.63) is 112 Å². The molecule has 0 aromatic heterocycles. The lowest BCUT2D eigenvalue weighted by Crippen LogP contribution is -2.15. The van der Waals surface area contributed by atoms with Crippen molar-refractivity contribution in [1.82, 2.24) is 0 Å². The van der Waals surface area contributed by atoms with E-state index in [4.69, 9.17) is 0 Å². The standard InChI is InChI=1S/C25H26Si/c1-26(2)25-23(17-19-11-5-3-6-12-19)21-15-9-10-16-22(21)24(25)18-20-13-7-4-8-14-20/h3-16,23,26H,17-18H2,1-2H3. The van der Waals surface area contributed by atoms with E-state index in [1.54, 1.807) is 16.3 Å². The fourth-order valence-corrected chi connectivity index (χ4v) is 6.48. The van der Waals surface area contributed by atoms with Crippen LogP contribution in [0.25, 0.3) is 5.57 Å². The Kier molecular flexibility index (Phi) is 4.90. The van der Waals surface area contributed by atoms with Crippen LogP contribution in [0.4, 0.5) is 0 Å². The van der Waals surface area contributed by atoms with Gasteiger partial charge in [-0.3, -0.25) is 0 Å². The van der Waals surface area contributed by atoms with Crippen LogP contribution in [0, 0.1) is 0 Å². The molecule has 0 fully saturated rings. The zero-order valence-corrected chi connectivity index (χ0v) is 16.8. The summed E-state index contributed by atoms with van der Waals surface area (Å²) in [6.45, 7) is 4.98. The predicted octanol–water partition coefficient (Wildman–Crippen LogP) is 6.05. The molecule has 130 valence electrons. The Hall–Kier alpha value is -2.38. The zero-order chi connectivity index (χ0) is 17.9. The maximum Gasteiger partial charge on any atom is 0.0607 e. The lowest BCUT2D eigenvalue weighted by molar-refractivity contribution is 0.832. The van der Waals surface area contributed by atoms with Gasteiger partial charge in [0, 0.05) is 5.92 Å². The van der Waals surface area contributed by atoms with Crippen molar-refractivity contribution < 1.29 is 0 Å². The van der Waals surface area contributed by atoms with Crippen LogP contribution in [0.1, 0.15) is 28.2 Å². The Morgan fingerprint density at radius 2 is 1.27 bits per heavy atom. The molecule has 0 radical (unpaired) electrons. The molecule has 0 saturated carbocycles. The molecule has 1 aliphatic carbocycles. The van der Waals surface area contributed by atoms with Crippen LogP contribution in [0.3, 0.4) is 0 Å². The molecule has 0 amide bonds.